The third-order valence-electron chi connectivity index (χ3n) is 8.54. The summed E-state index contributed by atoms with van der Waals surface area (Å²) in [5.74, 6) is 2.38. The number of hydrogen-bond donors (Lipinski definition) is 1. The van der Waals surface area contributed by atoms with E-state index in [0.717, 1.165) is 67.8 Å². The highest BCUT2D eigenvalue weighted by molar-refractivity contribution is 5.81. The van der Waals surface area contributed by atoms with Gasteiger partial charge in [0.05, 0.1) is 18.0 Å². The average Bonchev–Trinajstić information content (AvgIpc) is 3.35. The minimum absolute atomic E-state index is 0.0901. The highest BCUT2D eigenvalue weighted by Crippen LogP contribution is 2.53. The van der Waals surface area contributed by atoms with E-state index in [1.54, 1.807) is 7.11 Å². The summed E-state index contributed by atoms with van der Waals surface area (Å²) in [6, 6.07) is 16.7. The van der Waals surface area contributed by atoms with Crippen LogP contribution in [0.3, 0.4) is 0 Å². The van der Waals surface area contributed by atoms with Gasteiger partial charge in [-0.1, -0.05) is 42.5 Å². The Hall–Kier alpha value is -3.12. The van der Waals surface area contributed by atoms with E-state index in [1.165, 1.54) is 17.6 Å². The van der Waals surface area contributed by atoms with Crippen LogP contribution in [0.4, 0.5) is 0 Å². The molecule has 1 aromatic heterocycles. The maximum Gasteiger partial charge on any atom is 0.311 e. The van der Waals surface area contributed by atoms with Crippen molar-refractivity contribution in [2.75, 3.05) is 27.2 Å². The van der Waals surface area contributed by atoms with Gasteiger partial charge in [0.1, 0.15) is 22.7 Å². The summed E-state index contributed by atoms with van der Waals surface area (Å²) in [5.41, 5.74) is 3.69. The molecule has 6 heteroatoms. The van der Waals surface area contributed by atoms with Gasteiger partial charge in [-0.25, -0.2) is 4.98 Å². The van der Waals surface area contributed by atoms with E-state index < -0.39 is 11.0 Å². The molecule has 1 N–H and O–H groups in total. The number of imidazole rings is 1. The summed E-state index contributed by atoms with van der Waals surface area (Å²) >= 11 is 0. The summed E-state index contributed by atoms with van der Waals surface area (Å²) in [6.45, 7) is 7.71. The van der Waals surface area contributed by atoms with E-state index in [2.05, 4.69) is 53.3 Å². The Morgan fingerprint density at radius 2 is 1.90 bits per heavy atom. The number of nitrogens with zero attached hydrogens (tertiary/aromatic N) is 2. The molecule has 3 aliphatic carbocycles. The number of benzene rings is 2. The van der Waals surface area contributed by atoms with Crippen molar-refractivity contribution in [1.29, 1.82) is 0 Å². The molecule has 2 bridgehead atoms. The quantitative estimate of drug-likeness (QED) is 0.297. The highest BCUT2D eigenvalue weighted by Gasteiger charge is 2.51. The molecule has 39 heavy (non-hydrogen) atoms. The van der Waals surface area contributed by atoms with E-state index in [9.17, 15) is 4.79 Å². The Labute approximate surface area is 232 Å². The van der Waals surface area contributed by atoms with Gasteiger partial charge in [0.2, 0.25) is 0 Å². The number of H-pyrrole nitrogens is 1. The van der Waals surface area contributed by atoms with Crippen molar-refractivity contribution in [3.05, 3.63) is 66.0 Å². The van der Waals surface area contributed by atoms with E-state index >= 15 is 0 Å². The van der Waals surface area contributed by atoms with Crippen molar-refractivity contribution in [2.24, 2.45) is 17.3 Å². The summed E-state index contributed by atoms with van der Waals surface area (Å²) in [4.78, 5) is 23.8. The summed E-state index contributed by atoms with van der Waals surface area (Å²) in [7, 11) is 3.85. The first-order valence-electron chi connectivity index (χ1n) is 14.4. The molecule has 1 fully saturated rings. The molecule has 0 amide bonds. The molecule has 208 valence electrons. The average molecular weight is 530 g/mol. The SMILES string of the molecule is COc1cccc2[nH]c(CCCN(C)CCC3(OC(=O)C(C)(C)C)CC4CCC3C=C4c3ccccc3)nc12. The van der Waals surface area contributed by atoms with Crippen LogP contribution in [0.2, 0.25) is 0 Å². The first kappa shape index (κ1) is 27.4. The standard InChI is InChI=1S/C33H43N3O3/c1-32(2,3)31(37)39-33(22-24-16-17-25(33)21-26(24)23-11-7-6-8-12-23)18-20-36(4)19-10-15-29-34-27-13-9-14-28(38-5)30(27)35-29/h6-9,11-14,21,24-25H,10,15-20,22H2,1-5H3,(H,34,35). The number of carbonyl (C=O) groups is 1. The third-order valence-corrected chi connectivity index (χ3v) is 8.54. The number of rotatable bonds is 10. The van der Waals surface area contributed by atoms with Crippen molar-refractivity contribution >= 4 is 22.6 Å². The van der Waals surface area contributed by atoms with Crippen LogP contribution in [-0.2, 0) is 16.0 Å². The molecule has 1 saturated carbocycles. The Morgan fingerprint density at radius 3 is 2.59 bits per heavy atom. The second kappa shape index (κ2) is 11.2. The molecule has 0 spiro atoms. The largest absolute Gasteiger partial charge is 0.494 e. The lowest BCUT2D eigenvalue weighted by Gasteiger charge is -2.51. The zero-order valence-electron chi connectivity index (χ0n) is 24.1. The van der Waals surface area contributed by atoms with Crippen molar-refractivity contribution < 1.29 is 14.3 Å². The molecular weight excluding hydrogens is 486 g/mol. The third kappa shape index (κ3) is 5.91. The number of fused-ring (bicyclic) bond motifs is 3. The molecule has 3 aliphatic rings. The van der Waals surface area contributed by atoms with Crippen LogP contribution in [0.1, 0.15) is 64.3 Å². The number of aromatic nitrogens is 2. The molecule has 3 unspecified atom stereocenters. The maximum absolute atomic E-state index is 13.2. The molecule has 2 aromatic carbocycles. The number of esters is 1. The highest BCUT2D eigenvalue weighted by atomic mass is 16.6. The van der Waals surface area contributed by atoms with E-state index in [1.807, 2.05) is 39.0 Å². The fourth-order valence-corrected chi connectivity index (χ4v) is 6.27. The van der Waals surface area contributed by atoms with Gasteiger partial charge < -0.3 is 19.4 Å². The second-order valence-electron chi connectivity index (χ2n) is 12.5. The Kier molecular flexibility index (Phi) is 7.86. The molecule has 6 rings (SSSR count). The fourth-order valence-electron chi connectivity index (χ4n) is 6.27. The normalized spacial score (nSPS) is 22.8. The molecule has 3 aromatic rings. The van der Waals surface area contributed by atoms with Crippen LogP contribution >= 0.6 is 0 Å². The van der Waals surface area contributed by atoms with Crippen molar-refractivity contribution in [3.63, 3.8) is 0 Å². The number of nitrogens with one attached hydrogen (secondary N) is 1. The van der Waals surface area contributed by atoms with Gasteiger partial charge in [0, 0.05) is 25.3 Å². The van der Waals surface area contributed by atoms with Crippen LogP contribution in [0.25, 0.3) is 16.6 Å². The lowest BCUT2D eigenvalue weighted by Crippen LogP contribution is -2.52. The van der Waals surface area contributed by atoms with Gasteiger partial charge in [-0.15, -0.1) is 0 Å². The maximum atomic E-state index is 13.2. The van der Waals surface area contributed by atoms with Gasteiger partial charge in [0.15, 0.2) is 0 Å². The minimum atomic E-state index is -0.517. The van der Waals surface area contributed by atoms with E-state index in [0.29, 0.717) is 5.92 Å². The summed E-state index contributed by atoms with van der Waals surface area (Å²) in [5, 5.41) is 0. The Balaban J connectivity index is 1.24. The molecule has 3 atom stereocenters. The molecule has 0 saturated heterocycles. The monoisotopic (exact) mass is 529 g/mol. The molecule has 1 heterocycles. The van der Waals surface area contributed by atoms with Crippen LogP contribution in [0, 0.1) is 17.3 Å². The number of aryl methyl sites for hydroxylation is 1. The van der Waals surface area contributed by atoms with Crippen molar-refractivity contribution in [2.45, 2.75) is 64.9 Å². The van der Waals surface area contributed by atoms with Gasteiger partial charge in [-0.3, -0.25) is 4.79 Å². The van der Waals surface area contributed by atoms with Crippen LogP contribution in [-0.4, -0.2) is 53.7 Å². The predicted octanol–water partition coefficient (Wildman–Crippen LogP) is 6.67. The topological polar surface area (TPSA) is 67.4 Å². The Bertz CT molecular complexity index is 1320. The second-order valence-corrected chi connectivity index (χ2v) is 12.5. The molecule has 0 radical (unpaired) electrons. The van der Waals surface area contributed by atoms with Crippen LogP contribution in [0.5, 0.6) is 5.75 Å². The zero-order chi connectivity index (χ0) is 27.6. The van der Waals surface area contributed by atoms with Gasteiger partial charge in [-0.2, -0.15) is 0 Å². The van der Waals surface area contributed by atoms with Crippen LogP contribution < -0.4 is 4.74 Å². The zero-order valence-corrected chi connectivity index (χ0v) is 24.1. The number of aromatic amines is 1. The van der Waals surface area contributed by atoms with Gasteiger partial charge in [-0.05, 0) is 89.2 Å². The van der Waals surface area contributed by atoms with Gasteiger partial charge in [0.25, 0.3) is 0 Å². The van der Waals surface area contributed by atoms with E-state index in [-0.39, 0.29) is 11.9 Å². The van der Waals surface area contributed by atoms with Crippen LogP contribution in [0.15, 0.2) is 54.6 Å². The number of allylic oxidation sites excluding steroid dienone is 1. The molecule has 6 nitrogen and oxygen atoms in total. The lowest BCUT2D eigenvalue weighted by molar-refractivity contribution is -0.182. The number of para-hydroxylation sites is 1. The number of hydrogen-bond acceptors (Lipinski definition) is 5. The summed E-state index contributed by atoms with van der Waals surface area (Å²) in [6.07, 6.45) is 8.31. The Morgan fingerprint density at radius 1 is 1.10 bits per heavy atom. The van der Waals surface area contributed by atoms with Gasteiger partial charge >= 0.3 is 5.97 Å². The van der Waals surface area contributed by atoms with Crippen molar-refractivity contribution in [1.82, 2.24) is 14.9 Å². The number of ether oxygens (including phenoxy) is 2. The van der Waals surface area contributed by atoms with Crippen molar-refractivity contribution in [3.8, 4) is 5.75 Å². The molecular formula is C33H43N3O3. The first-order chi connectivity index (χ1) is 18.7. The predicted molar refractivity (Wildman–Crippen MR) is 157 cm³/mol. The fraction of sp³-hybridized carbons (Fsp3) is 0.515. The molecule has 0 aliphatic heterocycles. The first-order valence-corrected chi connectivity index (χ1v) is 14.4. The minimum Gasteiger partial charge on any atom is -0.494 e. The lowest BCUT2D eigenvalue weighted by atomic mass is 9.60. The summed E-state index contributed by atoms with van der Waals surface area (Å²) < 4.78 is 12.0. The number of methoxy groups -OCH3 is 1. The smallest absolute Gasteiger partial charge is 0.311 e. The van der Waals surface area contributed by atoms with E-state index in [4.69, 9.17) is 14.5 Å². The number of carbonyl (C=O) groups excluding carboxylic acids is 1.